The summed E-state index contributed by atoms with van der Waals surface area (Å²) in [5.74, 6) is 1.14. The molecule has 2 aromatic carbocycles. The minimum absolute atomic E-state index is 0.360. The van der Waals surface area contributed by atoms with Crippen molar-refractivity contribution in [3.05, 3.63) is 90.0 Å². The zero-order chi connectivity index (χ0) is 15.7. The van der Waals surface area contributed by atoms with Crippen LogP contribution in [0, 0.1) is 5.92 Å². The molecular formula is C23H26. The lowest BCUT2D eigenvalue weighted by Gasteiger charge is -2.18. The lowest BCUT2D eigenvalue weighted by molar-refractivity contribution is 0.418. The second-order valence-corrected chi connectivity index (χ2v) is 6.49. The molecular weight excluding hydrogens is 276 g/mol. The highest BCUT2D eigenvalue weighted by atomic mass is 14.2. The van der Waals surface area contributed by atoms with E-state index in [0.29, 0.717) is 5.92 Å². The van der Waals surface area contributed by atoms with Crippen LogP contribution >= 0.6 is 0 Å². The van der Waals surface area contributed by atoms with Crippen LogP contribution < -0.4 is 0 Å². The highest BCUT2D eigenvalue weighted by Gasteiger charge is 2.11. The van der Waals surface area contributed by atoms with Gasteiger partial charge in [0.1, 0.15) is 0 Å². The average Bonchev–Trinajstić information content (AvgIpc) is 2.64. The van der Waals surface area contributed by atoms with Gasteiger partial charge >= 0.3 is 0 Å². The summed E-state index contributed by atoms with van der Waals surface area (Å²) in [6.45, 7) is 0. The summed E-state index contributed by atoms with van der Waals surface area (Å²) in [6.07, 6.45) is 16.4. The summed E-state index contributed by atoms with van der Waals surface area (Å²) < 4.78 is 0. The van der Waals surface area contributed by atoms with Crippen LogP contribution in [0.2, 0.25) is 0 Å². The molecule has 0 heterocycles. The Labute approximate surface area is 140 Å². The number of rotatable bonds is 5. The molecule has 0 bridgehead atoms. The number of allylic oxidation sites excluding steroid dienone is 3. The Balaban J connectivity index is 1.76. The molecule has 1 fully saturated rings. The molecule has 0 nitrogen and oxygen atoms in total. The third-order valence-electron chi connectivity index (χ3n) is 4.72. The summed E-state index contributed by atoms with van der Waals surface area (Å²) in [4.78, 5) is 0. The van der Waals surface area contributed by atoms with Crippen molar-refractivity contribution in [3.63, 3.8) is 0 Å². The van der Waals surface area contributed by atoms with Crippen LogP contribution in [0.1, 0.15) is 49.1 Å². The molecule has 0 saturated heterocycles. The van der Waals surface area contributed by atoms with Gasteiger partial charge in [0.2, 0.25) is 0 Å². The van der Waals surface area contributed by atoms with Crippen molar-refractivity contribution in [2.24, 2.45) is 5.92 Å². The van der Waals surface area contributed by atoms with E-state index < -0.39 is 0 Å². The average molecular weight is 302 g/mol. The van der Waals surface area contributed by atoms with Gasteiger partial charge in [-0.2, -0.15) is 0 Å². The van der Waals surface area contributed by atoms with Gasteiger partial charge in [-0.3, -0.25) is 0 Å². The first-order chi connectivity index (χ1) is 11.4. The van der Waals surface area contributed by atoms with Gasteiger partial charge in [-0.25, -0.2) is 0 Å². The predicted molar refractivity (Wildman–Crippen MR) is 100 cm³/mol. The molecule has 0 N–H and O–H groups in total. The molecule has 1 aliphatic carbocycles. The monoisotopic (exact) mass is 302 g/mol. The van der Waals surface area contributed by atoms with E-state index in [1.165, 1.54) is 43.2 Å². The molecule has 0 heteroatoms. The van der Waals surface area contributed by atoms with E-state index in [0.717, 1.165) is 5.92 Å². The maximum absolute atomic E-state index is 2.46. The van der Waals surface area contributed by atoms with Crippen molar-refractivity contribution in [2.75, 3.05) is 0 Å². The van der Waals surface area contributed by atoms with Crippen molar-refractivity contribution in [2.45, 2.75) is 38.0 Å². The second kappa shape index (κ2) is 8.53. The van der Waals surface area contributed by atoms with Gasteiger partial charge in [0, 0.05) is 5.92 Å². The summed E-state index contributed by atoms with van der Waals surface area (Å²) in [5, 5.41) is 0. The van der Waals surface area contributed by atoms with Crippen LogP contribution in [0.5, 0.6) is 0 Å². The molecule has 0 amide bonds. The highest BCUT2D eigenvalue weighted by Crippen LogP contribution is 2.27. The van der Waals surface area contributed by atoms with Crippen molar-refractivity contribution in [1.29, 1.82) is 0 Å². The Kier molecular flexibility index (Phi) is 5.86. The van der Waals surface area contributed by atoms with Gasteiger partial charge in [-0.1, -0.05) is 104 Å². The SMILES string of the molecule is C(=CC(/C=C/c1ccccc1)c1ccccc1)C1CCCCC1. The molecule has 0 aliphatic heterocycles. The summed E-state index contributed by atoms with van der Waals surface area (Å²) >= 11 is 0. The first-order valence-electron chi connectivity index (χ1n) is 8.88. The fraction of sp³-hybridized carbons (Fsp3) is 0.304. The van der Waals surface area contributed by atoms with Crippen LogP contribution in [0.15, 0.2) is 78.9 Å². The van der Waals surface area contributed by atoms with E-state index in [1.807, 2.05) is 0 Å². The van der Waals surface area contributed by atoms with Crippen molar-refractivity contribution in [1.82, 2.24) is 0 Å². The van der Waals surface area contributed by atoms with Crippen molar-refractivity contribution in [3.8, 4) is 0 Å². The van der Waals surface area contributed by atoms with E-state index in [9.17, 15) is 0 Å². The maximum atomic E-state index is 2.46. The third kappa shape index (κ3) is 4.96. The highest BCUT2D eigenvalue weighted by molar-refractivity contribution is 5.51. The lowest BCUT2D eigenvalue weighted by atomic mass is 9.87. The zero-order valence-corrected chi connectivity index (χ0v) is 13.8. The fourth-order valence-electron chi connectivity index (χ4n) is 3.34. The van der Waals surface area contributed by atoms with Gasteiger partial charge in [0.25, 0.3) is 0 Å². The number of hydrogen-bond acceptors (Lipinski definition) is 0. The summed E-state index contributed by atoms with van der Waals surface area (Å²) in [6, 6.07) is 21.4. The van der Waals surface area contributed by atoms with E-state index >= 15 is 0 Å². The largest absolute Gasteiger partial charge is 0.0845 e. The Hall–Kier alpha value is -2.08. The smallest absolute Gasteiger partial charge is 0.0202 e. The molecule has 0 spiro atoms. The van der Waals surface area contributed by atoms with E-state index in [4.69, 9.17) is 0 Å². The van der Waals surface area contributed by atoms with Crippen LogP contribution in [0.25, 0.3) is 6.08 Å². The van der Waals surface area contributed by atoms with Crippen molar-refractivity contribution < 1.29 is 0 Å². The van der Waals surface area contributed by atoms with E-state index in [1.54, 1.807) is 0 Å². The number of hydrogen-bond donors (Lipinski definition) is 0. The van der Waals surface area contributed by atoms with Gasteiger partial charge < -0.3 is 0 Å². The van der Waals surface area contributed by atoms with Crippen LogP contribution in [-0.2, 0) is 0 Å². The fourth-order valence-corrected chi connectivity index (χ4v) is 3.34. The maximum Gasteiger partial charge on any atom is 0.0202 e. The predicted octanol–water partition coefficient (Wildman–Crippen LogP) is 6.62. The molecule has 1 aliphatic rings. The van der Waals surface area contributed by atoms with Crippen LogP contribution in [0.4, 0.5) is 0 Å². The molecule has 3 rings (SSSR count). The molecule has 1 atom stereocenters. The molecule has 118 valence electrons. The second-order valence-electron chi connectivity index (χ2n) is 6.49. The Morgan fingerprint density at radius 1 is 0.739 bits per heavy atom. The Morgan fingerprint density at radius 3 is 2.09 bits per heavy atom. The van der Waals surface area contributed by atoms with E-state index in [-0.39, 0.29) is 0 Å². The zero-order valence-electron chi connectivity index (χ0n) is 13.8. The topological polar surface area (TPSA) is 0 Å². The quantitative estimate of drug-likeness (QED) is 0.544. The van der Waals surface area contributed by atoms with Crippen LogP contribution in [-0.4, -0.2) is 0 Å². The Morgan fingerprint density at radius 2 is 1.39 bits per heavy atom. The van der Waals surface area contributed by atoms with Gasteiger partial charge in [0.05, 0.1) is 0 Å². The van der Waals surface area contributed by atoms with Crippen LogP contribution in [0.3, 0.4) is 0 Å². The third-order valence-corrected chi connectivity index (χ3v) is 4.72. The molecule has 23 heavy (non-hydrogen) atoms. The minimum atomic E-state index is 0.360. The lowest BCUT2D eigenvalue weighted by Crippen LogP contribution is -2.03. The molecule has 1 unspecified atom stereocenters. The van der Waals surface area contributed by atoms with Gasteiger partial charge in [0.15, 0.2) is 0 Å². The normalized spacial score (nSPS) is 17.7. The van der Waals surface area contributed by atoms with Gasteiger partial charge in [-0.05, 0) is 29.9 Å². The van der Waals surface area contributed by atoms with Gasteiger partial charge in [-0.15, -0.1) is 0 Å². The molecule has 0 radical (unpaired) electrons. The first kappa shape index (κ1) is 15.8. The number of benzene rings is 2. The molecule has 1 saturated carbocycles. The summed E-state index contributed by atoms with van der Waals surface area (Å²) in [7, 11) is 0. The van der Waals surface area contributed by atoms with E-state index in [2.05, 4.69) is 85.0 Å². The Bertz CT molecular complexity index is 616. The van der Waals surface area contributed by atoms with Crippen molar-refractivity contribution >= 4 is 6.08 Å². The standard InChI is InChI=1S/C23H26/c1-4-10-20(11-5-1)16-18-23(22-14-8-3-9-15-22)19-17-21-12-6-2-7-13-21/h1,3-5,8-11,14-19,21,23H,2,6-7,12-13H2/b18-16+,19-17?. The molecule has 0 aromatic heterocycles. The summed E-state index contributed by atoms with van der Waals surface area (Å²) in [5.41, 5.74) is 2.63. The minimum Gasteiger partial charge on any atom is -0.0845 e. The molecule has 2 aromatic rings. The first-order valence-corrected chi connectivity index (χ1v) is 8.88.